The van der Waals surface area contributed by atoms with Crippen molar-refractivity contribution in [2.45, 2.75) is 19.8 Å². The van der Waals surface area contributed by atoms with Gasteiger partial charge in [0.1, 0.15) is 7.11 Å². The van der Waals surface area contributed by atoms with Gasteiger partial charge in [-0.15, -0.1) is 0 Å². The van der Waals surface area contributed by atoms with E-state index in [0.717, 1.165) is 5.71 Å². The van der Waals surface area contributed by atoms with E-state index in [4.69, 9.17) is 0 Å². The van der Waals surface area contributed by atoms with Crippen molar-refractivity contribution in [3.05, 3.63) is 0 Å². The zero-order chi connectivity index (χ0) is 7.11. The van der Waals surface area contributed by atoms with Gasteiger partial charge in [0.2, 0.25) is 0 Å². The molecular formula is C6H12FNO. The normalized spacial score (nSPS) is 11.7. The van der Waals surface area contributed by atoms with Crippen LogP contribution >= 0.6 is 0 Å². The van der Waals surface area contributed by atoms with Crippen LogP contribution in [0.25, 0.3) is 0 Å². The van der Waals surface area contributed by atoms with Gasteiger partial charge >= 0.3 is 0 Å². The maximum Gasteiger partial charge on any atom is 0.106 e. The van der Waals surface area contributed by atoms with Crippen LogP contribution in [-0.4, -0.2) is 19.5 Å². The van der Waals surface area contributed by atoms with Crippen molar-refractivity contribution in [1.29, 1.82) is 0 Å². The fourth-order valence-electron chi connectivity index (χ4n) is 0.524. The molecule has 0 aliphatic carbocycles. The third-order valence-electron chi connectivity index (χ3n) is 0.919. The molecule has 0 N–H and O–H groups in total. The Kier molecular flexibility index (Phi) is 5.17. The molecule has 3 heteroatoms. The second-order valence-corrected chi connectivity index (χ2v) is 1.80. The molecular weight excluding hydrogens is 121 g/mol. The molecule has 0 aromatic carbocycles. The SMILES string of the molecule is CO/N=C(/C)CCCF. The minimum absolute atomic E-state index is 0.281. The summed E-state index contributed by atoms with van der Waals surface area (Å²) in [6, 6.07) is 0. The minimum Gasteiger partial charge on any atom is -0.399 e. The van der Waals surface area contributed by atoms with Crippen molar-refractivity contribution in [1.82, 2.24) is 0 Å². The fourth-order valence-corrected chi connectivity index (χ4v) is 0.524. The second-order valence-electron chi connectivity index (χ2n) is 1.80. The standard InChI is InChI=1S/C6H12FNO/c1-6(8-9-2)4-3-5-7/h3-5H2,1-2H3/b8-6-. The van der Waals surface area contributed by atoms with E-state index >= 15 is 0 Å². The van der Waals surface area contributed by atoms with E-state index in [1.807, 2.05) is 6.92 Å². The minimum atomic E-state index is -0.281. The highest BCUT2D eigenvalue weighted by atomic mass is 19.1. The Balaban J connectivity index is 3.25. The first-order valence-corrected chi connectivity index (χ1v) is 2.94. The average molecular weight is 133 g/mol. The first-order chi connectivity index (χ1) is 4.31. The fraction of sp³-hybridized carbons (Fsp3) is 0.833. The molecule has 0 unspecified atom stereocenters. The van der Waals surface area contributed by atoms with Gasteiger partial charge in [0.15, 0.2) is 0 Å². The number of nitrogens with zero attached hydrogens (tertiary/aromatic N) is 1. The van der Waals surface area contributed by atoms with E-state index in [0.29, 0.717) is 12.8 Å². The number of rotatable bonds is 4. The third-order valence-corrected chi connectivity index (χ3v) is 0.919. The van der Waals surface area contributed by atoms with Crippen molar-refractivity contribution in [2.75, 3.05) is 13.8 Å². The highest BCUT2D eigenvalue weighted by Gasteiger charge is 1.90. The molecule has 0 rings (SSSR count). The van der Waals surface area contributed by atoms with E-state index in [-0.39, 0.29) is 6.67 Å². The van der Waals surface area contributed by atoms with Gasteiger partial charge in [0.25, 0.3) is 0 Å². The third kappa shape index (κ3) is 5.27. The van der Waals surface area contributed by atoms with E-state index in [1.54, 1.807) is 0 Å². The number of hydrogen-bond donors (Lipinski definition) is 0. The van der Waals surface area contributed by atoms with Crippen LogP contribution < -0.4 is 0 Å². The van der Waals surface area contributed by atoms with Crippen LogP contribution in [0.2, 0.25) is 0 Å². The summed E-state index contributed by atoms with van der Waals surface area (Å²) >= 11 is 0. The Morgan fingerprint density at radius 2 is 2.33 bits per heavy atom. The Hall–Kier alpha value is -0.600. The lowest BCUT2D eigenvalue weighted by Gasteiger charge is -1.94. The van der Waals surface area contributed by atoms with E-state index < -0.39 is 0 Å². The summed E-state index contributed by atoms with van der Waals surface area (Å²) < 4.78 is 11.5. The lowest BCUT2D eigenvalue weighted by Crippen LogP contribution is -1.92. The van der Waals surface area contributed by atoms with Crippen molar-refractivity contribution in [2.24, 2.45) is 5.16 Å². The summed E-state index contributed by atoms with van der Waals surface area (Å²) in [6.45, 7) is 1.54. The van der Waals surface area contributed by atoms with Crippen LogP contribution in [0, 0.1) is 0 Å². The summed E-state index contributed by atoms with van der Waals surface area (Å²) in [5, 5.41) is 3.61. The summed E-state index contributed by atoms with van der Waals surface area (Å²) in [5.74, 6) is 0. The summed E-state index contributed by atoms with van der Waals surface area (Å²) in [4.78, 5) is 4.47. The number of oxime groups is 1. The van der Waals surface area contributed by atoms with Crippen LogP contribution in [-0.2, 0) is 4.84 Å². The molecule has 2 nitrogen and oxygen atoms in total. The Labute approximate surface area is 54.7 Å². The maximum absolute atomic E-state index is 11.5. The predicted octanol–water partition coefficient (Wildman–Crippen LogP) is 1.76. The summed E-state index contributed by atoms with van der Waals surface area (Å²) in [7, 11) is 1.49. The monoisotopic (exact) mass is 133 g/mol. The van der Waals surface area contributed by atoms with E-state index in [9.17, 15) is 4.39 Å². The first-order valence-electron chi connectivity index (χ1n) is 2.94. The van der Waals surface area contributed by atoms with Crippen molar-refractivity contribution >= 4 is 5.71 Å². The molecule has 0 aromatic heterocycles. The molecule has 9 heavy (non-hydrogen) atoms. The smallest absolute Gasteiger partial charge is 0.106 e. The molecule has 0 aliphatic rings. The molecule has 0 radical (unpaired) electrons. The molecule has 0 aromatic rings. The zero-order valence-corrected chi connectivity index (χ0v) is 5.85. The van der Waals surface area contributed by atoms with Gasteiger partial charge in [-0.3, -0.25) is 4.39 Å². The molecule has 0 fully saturated rings. The maximum atomic E-state index is 11.5. The van der Waals surface area contributed by atoms with Crippen LogP contribution in [0.15, 0.2) is 5.16 Å². The highest BCUT2D eigenvalue weighted by Crippen LogP contribution is 1.92. The summed E-state index contributed by atoms with van der Waals surface area (Å²) in [5.41, 5.74) is 0.843. The number of hydrogen-bond acceptors (Lipinski definition) is 2. The quantitative estimate of drug-likeness (QED) is 0.423. The van der Waals surface area contributed by atoms with Crippen LogP contribution in [0.5, 0.6) is 0 Å². The Morgan fingerprint density at radius 1 is 1.67 bits per heavy atom. The highest BCUT2D eigenvalue weighted by molar-refractivity contribution is 5.81. The lowest BCUT2D eigenvalue weighted by atomic mass is 10.2. The number of alkyl halides is 1. The molecule has 0 amide bonds. The zero-order valence-electron chi connectivity index (χ0n) is 5.85. The van der Waals surface area contributed by atoms with Crippen molar-refractivity contribution in [3.8, 4) is 0 Å². The van der Waals surface area contributed by atoms with E-state index in [1.165, 1.54) is 7.11 Å². The van der Waals surface area contributed by atoms with Crippen molar-refractivity contribution in [3.63, 3.8) is 0 Å². The van der Waals surface area contributed by atoms with Gasteiger partial charge < -0.3 is 4.84 Å². The van der Waals surface area contributed by atoms with Crippen LogP contribution in [0.4, 0.5) is 4.39 Å². The Morgan fingerprint density at radius 3 is 2.78 bits per heavy atom. The molecule has 0 saturated heterocycles. The van der Waals surface area contributed by atoms with Gasteiger partial charge in [-0.2, -0.15) is 0 Å². The van der Waals surface area contributed by atoms with Gasteiger partial charge in [0.05, 0.1) is 12.4 Å². The molecule has 0 bridgehead atoms. The molecule has 0 heterocycles. The van der Waals surface area contributed by atoms with Crippen LogP contribution in [0.3, 0.4) is 0 Å². The van der Waals surface area contributed by atoms with Gasteiger partial charge in [-0.05, 0) is 19.8 Å². The number of halogens is 1. The predicted molar refractivity (Wildman–Crippen MR) is 35.3 cm³/mol. The van der Waals surface area contributed by atoms with Gasteiger partial charge in [-0.25, -0.2) is 0 Å². The molecule has 0 aliphatic heterocycles. The van der Waals surface area contributed by atoms with E-state index in [2.05, 4.69) is 9.99 Å². The molecule has 54 valence electrons. The second kappa shape index (κ2) is 5.54. The summed E-state index contributed by atoms with van der Waals surface area (Å²) in [6.07, 6.45) is 1.23. The average Bonchev–Trinajstić information content (AvgIpc) is 1.85. The molecule has 0 atom stereocenters. The Bertz CT molecular complexity index is 93.1. The first kappa shape index (κ1) is 8.40. The van der Waals surface area contributed by atoms with Gasteiger partial charge in [-0.1, -0.05) is 5.16 Å². The molecule has 0 spiro atoms. The van der Waals surface area contributed by atoms with Crippen LogP contribution in [0.1, 0.15) is 19.8 Å². The van der Waals surface area contributed by atoms with Crippen molar-refractivity contribution < 1.29 is 9.23 Å². The van der Waals surface area contributed by atoms with Gasteiger partial charge in [0, 0.05) is 0 Å². The topological polar surface area (TPSA) is 21.6 Å². The molecule has 0 saturated carbocycles. The largest absolute Gasteiger partial charge is 0.399 e. The lowest BCUT2D eigenvalue weighted by molar-refractivity contribution is 0.212.